The monoisotopic (exact) mass is 429 g/mol. The van der Waals surface area contributed by atoms with Gasteiger partial charge >= 0.3 is 11.9 Å². The Morgan fingerprint density at radius 1 is 0.875 bits per heavy atom. The molecule has 0 spiro atoms. The molecule has 32 heavy (non-hydrogen) atoms. The van der Waals surface area contributed by atoms with E-state index in [0.29, 0.717) is 5.56 Å². The van der Waals surface area contributed by atoms with Crippen molar-refractivity contribution in [3.05, 3.63) is 83.9 Å². The normalized spacial score (nSPS) is 11.1. The molecule has 0 saturated carbocycles. The summed E-state index contributed by atoms with van der Waals surface area (Å²) in [5.74, 6) is 3.43. The second-order valence-electron chi connectivity index (χ2n) is 7.05. The highest BCUT2D eigenvalue weighted by Crippen LogP contribution is 2.15. The predicted octanol–water partition coefficient (Wildman–Crippen LogP) is 2.98. The molecule has 1 unspecified atom stereocenters. The average Bonchev–Trinajstić information content (AvgIpc) is 2.84. The van der Waals surface area contributed by atoms with E-state index in [4.69, 9.17) is 9.47 Å². The summed E-state index contributed by atoms with van der Waals surface area (Å²) < 4.78 is 9.63. The van der Waals surface area contributed by atoms with Gasteiger partial charge in [-0.15, -0.1) is 0 Å². The van der Waals surface area contributed by atoms with Gasteiger partial charge < -0.3 is 14.4 Å². The number of methoxy groups -OCH3 is 2. The minimum absolute atomic E-state index is 0.175. The van der Waals surface area contributed by atoms with Crippen molar-refractivity contribution in [1.82, 2.24) is 4.90 Å². The summed E-state index contributed by atoms with van der Waals surface area (Å²) in [6.07, 6.45) is 0.175. The van der Waals surface area contributed by atoms with Gasteiger partial charge in [-0.05, 0) is 28.5 Å². The van der Waals surface area contributed by atoms with Crippen LogP contribution in [-0.4, -0.2) is 49.6 Å². The first-order chi connectivity index (χ1) is 15.5. The molecule has 0 N–H and O–H groups in total. The lowest BCUT2D eigenvalue weighted by Crippen LogP contribution is -2.49. The summed E-state index contributed by atoms with van der Waals surface area (Å²) in [7, 11) is 2.46. The molecule has 0 aliphatic heterocycles. The maximum absolute atomic E-state index is 13.0. The highest BCUT2D eigenvalue weighted by atomic mass is 16.5. The molecule has 6 nitrogen and oxygen atoms in total. The number of fused-ring (bicyclic) bond motifs is 1. The largest absolute Gasteiger partial charge is 0.468 e. The van der Waals surface area contributed by atoms with E-state index in [1.807, 2.05) is 72.8 Å². The summed E-state index contributed by atoms with van der Waals surface area (Å²) in [6, 6.07) is 21.6. The van der Waals surface area contributed by atoms with Gasteiger partial charge in [-0.1, -0.05) is 66.6 Å². The van der Waals surface area contributed by atoms with Crippen molar-refractivity contribution >= 4 is 28.6 Å². The van der Waals surface area contributed by atoms with E-state index >= 15 is 0 Å². The number of benzene rings is 3. The van der Waals surface area contributed by atoms with Crippen LogP contribution in [0.3, 0.4) is 0 Å². The molecule has 0 aliphatic rings. The second kappa shape index (κ2) is 10.8. The van der Waals surface area contributed by atoms with E-state index < -0.39 is 30.4 Å². The van der Waals surface area contributed by atoms with Gasteiger partial charge in [0.25, 0.3) is 5.91 Å². The van der Waals surface area contributed by atoms with Crippen LogP contribution < -0.4 is 0 Å². The molecule has 0 aromatic heterocycles. The zero-order chi connectivity index (χ0) is 22.9. The zero-order valence-electron chi connectivity index (χ0n) is 17.9. The third-order valence-corrected chi connectivity index (χ3v) is 4.97. The van der Waals surface area contributed by atoms with Gasteiger partial charge in [0.2, 0.25) is 0 Å². The number of amides is 1. The SMILES string of the molecule is COC(=O)CN(C(=O)C#Cc1ccc2ccccc2c1)C(Cc1ccccc1)C(=O)OC. The Bertz CT molecular complexity index is 1180. The minimum atomic E-state index is -1.03. The first-order valence-corrected chi connectivity index (χ1v) is 10.0. The van der Waals surface area contributed by atoms with Crippen molar-refractivity contribution < 1.29 is 23.9 Å². The number of hydrogen-bond donors (Lipinski definition) is 0. The third-order valence-electron chi connectivity index (χ3n) is 4.97. The molecule has 6 heteroatoms. The molecule has 3 aromatic rings. The molecule has 3 aromatic carbocycles. The van der Waals surface area contributed by atoms with Crippen molar-refractivity contribution in [2.45, 2.75) is 12.5 Å². The van der Waals surface area contributed by atoms with Crippen LogP contribution in [-0.2, 0) is 30.3 Å². The molecular weight excluding hydrogens is 406 g/mol. The first kappa shape index (κ1) is 22.6. The van der Waals surface area contributed by atoms with Crippen molar-refractivity contribution in [3.8, 4) is 11.8 Å². The van der Waals surface area contributed by atoms with Crippen LogP contribution in [0.2, 0.25) is 0 Å². The highest BCUT2D eigenvalue weighted by molar-refractivity contribution is 5.98. The fourth-order valence-corrected chi connectivity index (χ4v) is 3.29. The van der Waals surface area contributed by atoms with Gasteiger partial charge in [-0.3, -0.25) is 9.59 Å². The Kier molecular flexibility index (Phi) is 7.60. The maximum atomic E-state index is 13.0. The Hall–Kier alpha value is -4.11. The Morgan fingerprint density at radius 3 is 2.25 bits per heavy atom. The number of ether oxygens (including phenoxy) is 2. The Balaban J connectivity index is 1.91. The summed E-state index contributed by atoms with van der Waals surface area (Å²) >= 11 is 0. The standard InChI is InChI=1S/C26H23NO5/c1-31-25(29)18-27(23(26(30)32-2)17-19-8-4-3-5-9-19)24(28)15-13-20-12-14-21-10-6-7-11-22(21)16-20/h3-12,14,16,23H,17-18H2,1-2H3. The molecule has 0 bridgehead atoms. The van der Waals surface area contributed by atoms with E-state index in [-0.39, 0.29) is 6.42 Å². The number of esters is 2. The predicted molar refractivity (Wildman–Crippen MR) is 121 cm³/mol. The molecule has 1 atom stereocenters. The van der Waals surface area contributed by atoms with Crippen LogP contribution in [0.4, 0.5) is 0 Å². The van der Waals surface area contributed by atoms with E-state index in [2.05, 4.69) is 11.8 Å². The van der Waals surface area contributed by atoms with Gasteiger partial charge in [0.15, 0.2) is 0 Å². The molecule has 0 aliphatic carbocycles. The van der Waals surface area contributed by atoms with Crippen molar-refractivity contribution in [3.63, 3.8) is 0 Å². The maximum Gasteiger partial charge on any atom is 0.328 e. The quantitative estimate of drug-likeness (QED) is 0.445. The molecule has 0 fully saturated rings. The topological polar surface area (TPSA) is 72.9 Å². The highest BCUT2D eigenvalue weighted by Gasteiger charge is 2.32. The summed E-state index contributed by atoms with van der Waals surface area (Å²) in [6.45, 7) is -0.422. The molecule has 162 valence electrons. The molecule has 0 heterocycles. The number of rotatable bonds is 6. The summed E-state index contributed by atoms with van der Waals surface area (Å²) in [5.41, 5.74) is 1.46. The molecule has 1 amide bonds. The Morgan fingerprint density at radius 2 is 1.56 bits per heavy atom. The number of hydrogen-bond acceptors (Lipinski definition) is 5. The molecule has 0 radical (unpaired) electrons. The van der Waals surface area contributed by atoms with E-state index in [1.165, 1.54) is 14.2 Å². The number of carbonyl (C=O) groups excluding carboxylic acids is 3. The van der Waals surface area contributed by atoms with E-state index in [9.17, 15) is 14.4 Å². The van der Waals surface area contributed by atoms with Gasteiger partial charge in [0.05, 0.1) is 14.2 Å². The van der Waals surface area contributed by atoms with Crippen LogP contribution in [0.5, 0.6) is 0 Å². The lowest BCUT2D eigenvalue weighted by Gasteiger charge is -2.27. The molecule has 0 saturated heterocycles. The van der Waals surface area contributed by atoms with Gasteiger partial charge in [-0.2, -0.15) is 0 Å². The fraction of sp³-hybridized carbons (Fsp3) is 0.192. The second-order valence-corrected chi connectivity index (χ2v) is 7.05. The number of nitrogens with zero attached hydrogens (tertiary/aromatic N) is 1. The first-order valence-electron chi connectivity index (χ1n) is 10.0. The average molecular weight is 429 g/mol. The van der Waals surface area contributed by atoms with E-state index in [0.717, 1.165) is 21.2 Å². The van der Waals surface area contributed by atoms with Crippen LogP contribution in [0.1, 0.15) is 11.1 Å². The summed E-state index contributed by atoms with van der Waals surface area (Å²) in [5, 5.41) is 2.06. The third kappa shape index (κ3) is 5.73. The lowest BCUT2D eigenvalue weighted by molar-refractivity contribution is -0.155. The van der Waals surface area contributed by atoms with Gasteiger partial charge in [0.1, 0.15) is 12.6 Å². The van der Waals surface area contributed by atoms with Crippen LogP contribution in [0, 0.1) is 11.8 Å². The van der Waals surface area contributed by atoms with Crippen molar-refractivity contribution in [2.75, 3.05) is 20.8 Å². The summed E-state index contributed by atoms with van der Waals surface area (Å²) in [4.78, 5) is 38.7. The fourth-order valence-electron chi connectivity index (χ4n) is 3.29. The van der Waals surface area contributed by atoms with Crippen LogP contribution in [0.15, 0.2) is 72.8 Å². The number of carbonyl (C=O) groups is 3. The molecular formula is C26H23NO5. The van der Waals surface area contributed by atoms with E-state index in [1.54, 1.807) is 0 Å². The van der Waals surface area contributed by atoms with Gasteiger partial charge in [-0.25, -0.2) is 4.79 Å². The van der Waals surface area contributed by atoms with Gasteiger partial charge in [0, 0.05) is 17.9 Å². The van der Waals surface area contributed by atoms with Crippen molar-refractivity contribution in [1.29, 1.82) is 0 Å². The van der Waals surface area contributed by atoms with Crippen LogP contribution >= 0.6 is 0 Å². The van der Waals surface area contributed by atoms with Crippen molar-refractivity contribution in [2.24, 2.45) is 0 Å². The smallest absolute Gasteiger partial charge is 0.328 e. The lowest BCUT2D eigenvalue weighted by atomic mass is 10.0. The molecule has 3 rings (SSSR count). The minimum Gasteiger partial charge on any atom is -0.468 e. The Labute approximate surface area is 186 Å². The van der Waals surface area contributed by atoms with Crippen LogP contribution in [0.25, 0.3) is 10.8 Å². The zero-order valence-corrected chi connectivity index (χ0v) is 17.9.